The molecule has 0 spiro atoms. The van der Waals surface area contributed by atoms with Crippen molar-refractivity contribution in [3.8, 4) is 11.1 Å². The van der Waals surface area contributed by atoms with Crippen LogP contribution in [0.3, 0.4) is 0 Å². The number of Topliss-reactive ketones (excluding diaryl/α,β-unsaturated/α-hetero) is 1. The second kappa shape index (κ2) is 7.58. The number of hydrogen-bond acceptors (Lipinski definition) is 3. The first kappa shape index (κ1) is 18.6. The number of esters is 1. The van der Waals surface area contributed by atoms with Crippen LogP contribution in [0.25, 0.3) is 11.1 Å². The third-order valence-corrected chi connectivity index (χ3v) is 4.83. The zero-order valence-corrected chi connectivity index (χ0v) is 15.9. The molecule has 0 aliphatic carbocycles. The van der Waals surface area contributed by atoms with Crippen LogP contribution in [0.15, 0.2) is 54.9 Å². The fourth-order valence-corrected chi connectivity index (χ4v) is 3.28. The maximum absolute atomic E-state index is 13.1. The Kier molecular flexibility index (Phi) is 5.21. The highest BCUT2D eigenvalue weighted by Gasteiger charge is 2.30. The van der Waals surface area contributed by atoms with E-state index in [0.717, 1.165) is 11.1 Å². The molecule has 3 aromatic rings. The van der Waals surface area contributed by atoms with Gasteiger partial charge in [0.15, 0.2) is 12.4 Å². The van der Waals surface area contributed by atoms with Crippen molar-refractivity contribution in [3.05, 3.63) is 77.4 Å². The predicted molar refractivity (Wildman–Crippen MR) is 103 cm³/mol. The molecule has 0 aliphatic heterocycles. The number of nitrogens with one attached hydrogen (secondary N) is 1. The zero-order chi connectivity index (χ0) is 19.6. The molecule has 0 bridgehead atoms. The van der Waals surface area contributed by atoms with Gasteiger partial charge in [0.05, 0.1) is 18.4 Å². The maximum atomic E-state index is 13.1. The molecule has 1 aromatic carbocycles. The van der Waals surface area contributed by atoms with Crippen molar-refractivity contribution in [1.29, 1.82) is 0 Å². The molecule has 0 saturated carbocycles. The van der Waals surface area contributed by atoms with E-state index in [1.54, 1.807) is 13.8 Å². The largest absolute Gasteiger partial charge is 0.465 e. The number of nitrogens with zero attached hydrogens (tertiary/aromatic N) is 1. The number of benzene rings is 1. The summed E-state index contributed by atoms with van der Waals surface area (Å²) in [5, 5.41) is 0. The number of aromatic nitrogens is 2. The van der Waals surface area contributed by atoms with E-state index in [4.69, 9.17) is 4.74 Å². The van der Waals surface area contributed by atoms with Crippen LogP contribution < -0.4 is 4.57 Å². The first-order chi connectivity index (χ1) is 12.9. The molecule has 2 aromatic heterocycles. The third kappa shape index (κ3) is 3.53. The van der Waals surface area contributed by atoms with Gasteiger partial charge in [0.25, 0.3) is 0 Å². The molecule has 5 heteroatoms. The Balaban J connectivity index is 1.94. The highest BCUT2D eigenvalue weighted by molar-refractivity contribution is 6.02. The van der Waals surface area contributed by atoms with Crippen molar-refractivity contribution in [2.45, 2.75) is 26.8 Å². The van der Waals surface area contributed by atoms with Crippen LogP contribution >= 0.6 is 0 Å². The lowest BCUT2D eigenvalue weighted by Crippen LogP contribution is -2.42. The fraction of sp³-hybridized carbons (Fsp3) is 0.227. The van der Waals surface area contributed by atoms with Gasteiger partial charge in [0, 0.05) is 24.2 Å². The van der Waals surface area contributed by atoms with Crippen molar-refractivity contribution >= 4 is 11.8 Å². The van der Waals surface area contributed by atoms with Crippen LogP contribution in [0, 0.1) is 13.8 Å². The highest BCUT2D eigenvalue weighted by Crippen LogP contribution is 2.22. The molecule has 0 aliphatic rings. The van der Waals surface area contributed by atoms with E-state index in [9.17, 15) is 9.59 Å². The van der Waals surface area contributed by atoms with E-state index in [2.05, 4.69) is 4.98 Å². The number of aryl methyl sites for hydroxylation is 1. The minimum Gasteiger partial charge on any atom is -0.465 e. The number of rotatable bonds is 5. The summed E-state index contributed by atoms with van der Waals surface area (Å²) in [7, 11) is 1.34. The minimum atomic E-state index is -0.438. The fourth-order valence-electron chi connectivity index (χ4n) is 3.28. The van der Waals surface area contributed by atoms with Gasteiger partial charge in [-0.25, -0.2) is 4.79 Å². The number of aromatic amines is 1. The third-order valence-electron chi connectivity index (χ3n) is 4.83. The van der Waals surface area contributed by atoms with Gasteiger partial charge in [0.1, 0.15) is 0 Å². The van der Waals surface area contributed by atoms with Crippen molar-refractivity contribution in [3.63, 3.8) is 0 Å². The number of methoxy groups -OCH3 is 1. The molecule has 1 N–H and O–H groups in total. The van der Waals surface area contributed by atoms with Crippen molar-refractivity contribution in [2.75, 3.05) is 7.11 Å². The normalized spacial score (nSPS) is 11.9. The van der Waals surface area contributed by atoms with E-state index >= 15 is 0 Å². The van der Waals surface area contributed by atoms with Crippen LogP contribution in [-0.2, 0) is 4.74 Å². The molecule has 0 unspecified atom stereocenters. The molecule has 1 atom stereocenters. The molecule has 138 valence electrons. The van der Waals surface area contributed by atoms with E-state index in [1.165, 1.54) is 7.11 Å². The van der Waals surface area contributed by atoms with Gasteiger partial charge in [-0.15, -0.1) is 0 Å². The lowest BCUT2D eigenvalue weighted by molar-refractivity contribution is -0.704. The number of H-pyrrole nitrogens is 1. The summed E-state index contributed by atoms with van der Waals surface area (Å²) in [6.07, 6.45) is 3.84. The Morgan fingerprint density at radius 3 is 2.37 bits per heavy atom. The number of carbonyl (C=O) groups is 2. The molecule has 0 radical (unpaired) electrons. The summed E-state index contributed by atoms with van der Waals surface area (Å²) in [6, 6.07) is 13.5. The zero-order valence-electron chi connectivity index (χ0n) is 15.9. The average Bonchev–Trinajstić information content (AvgIpc) is 3.01. The molecule has 3 rings (SSSR count). The molecule has 0 amide bonds. The quantitative estimate of drug-likeness (QED) is 0.426. The summed E-state index contributed by atoms with van der Waals surface area (Å²) in [4.78, 5) is 28.1. The average molecular weight is 363 g/mol. The summed E-state index contributed by atoms with van der Waals surface area (Å²) in [6.45, 7) is 5.38. The van der Waals surface area contributed by atoms with E-state index in [1.807, 2.05) is 66.3 Å². The van der Waals surface area contributed by atoms with Crippen LogP contribution in [0.4, 0.5) is 0 Å². The Morgan fingerprint density at radius 1 is 1.04 bits per heavy atom. The molecule has 0 saturated heterocycles. The molecular formula is C22H23N2O3+. The number of ether oxygens (including phenoxy) is 1. The minimum absolute atomic E-state index is 0.0824. The monoisotopic (exact) mass is 363 g/mol. The summed E-state index contributed by atoms with van der Waals surface area (Å²) in [5.74, 6) is -0.521. The topological polar surface area (TPSA) is 63.0 Å². The second-order valence-electron chi connectivity index (χ2n) is 6.56. The van der Waals surface area contributed by atoms with E-state index in [0.29, 0.717) is 22.5 Å². The Bertz CT molecular complexity index is 990. The summed E-state index contributed by atoms with van der Waals surface area (Å²) in [5.41, 5.74) is 4.25. The van der Waals surface area contributed by atoms with Crippen molar-refractivity contribution in [1.82, 2.24) is 4.98 Å². The molecular weight excluding hydrogens is 340 g/mol. The van der Waals surface area contributed by atoms with Gasteiger partial charge in [0.2, 0.25) is 11.8 Å². The Morgan fingerprint density at radius 2 is 1.70 bits per heavy atom. The Labute approximate surface area is 158 Å². The lowest BCUT2D eigenvalue weighted by Gasteiger charge is -2.08. The standard InChI is InChI=1S/C22H22N2O3/c1-14-19(22(26)27-4)15(2)23-20(14)21(25)16(3)24-12-8-11-18(13-24)17-9-6-5-7-10-17/h5-13,16H,1-4H3/p+1/t16-/m1/s1. The van der Waals surface area contributed by atoms with Gasteiger partial charge < -0.3 is 9.72 Å². The van der Waals surface area contributed by atoms with E-state index in [-0.39, 0.29) is 5.78 Å². The maximum Gasteiger partial charge on any atom is 0.339 e. The smallest absolute Gasteiger partial charge is 0.339 e. The number of ketones is 1. The van der Waals surface area contributed by atoms with Gasteiger partial charge in [-0.3, -0.25) is 4.79 Å². The van der Waals surface area contributed by atoms with Gasteiger partial charge >= 0.3 is 5.97 Å². The number of hydrogen-bond donors (Lipinski definition) is 1. The first-order valence-corrected chi connectivity index (χ1v) is 8.82. The Hall–Kier alpha value is -3.21. The van der Waals surface area contributed by atoms with Gasteiger partial charge in [-0.05, 0) is 31.0 Å². The van der Waals surface area contributed by atoms with Crippen molar-refractivity contribution in [2.24, 2.45) is 0 Å². The van der Waals surface area contributed by atoms with Gasteiger partial charge in [-0.2, -0.15) is 4.57 Å². The summed E-state index contributed by atoms with van der Waals surface area (Å²) >= 11 is 0. The molecule has 0 fully saturated rings. The predicted octanol–water partition coefficient (Wildman–Crippen LogP) is 3.82. The van der Waals surface area contributed by atoms with Gasteiger partial charge in [-0.1, -0.05) is 30.3 Å². The number of carbonyl (C=O) groups excluding carboxylic acids is 2. The second-order valence-corrected chi connectivity index (χ2v) is 6.56. The van der Waals surface area contributed by atoms with Crippen molar-refractivity contribution < 1.29 is 18.9 Å². The molecule has 2 heterocycles. The highest BCUT2D eigenvalue weighted by atomic mass is 16.5. The first-order valence-electron chi connectivity index (χ1n) is 8.82. The SMILES string of the molecule is COC(=O)c1c(C)[nH]c(C(=O)[C@@H](C)[n+]2cccc(-c3ccccc3)c2)c1C. The number of pyridine rings is 1. The van der Waals surface area contributed by atoms with Crippen LogP contribution in [-0.4, -0.2) is 23.8 Å². The van der Waals surface area contributed by atoms with Crippen LogP contribution in [0.2, 0.25) is 0 Å². The van der Waals surface area contributed by atoms with Crippen LogP contribution in [0.5, 0.6) is 0 Å². The van der Waals surface area contributed by atoms with E-state index < -0.39 is 12.0 Å². The lowest BCUT2D eigenvalue weighted by atomic mass is 10.0. The molecule has 27 heavy (non-hydrogen) atoms. The molecule has 5 nitrogen and oxygen atoms in total. The summed E-state index contributed by atoms with van der Waals surface area (Å²) < 4.78 is 6.71. The van der Waals surface area contributed by atoms with Crippen LogP contribution in [0.1, 0.15) is 45.1 Å².